The summed E-state index contributed by atoms with van der Waals surface area (Å²) in [4.78, 5) is 2.24. The fourth-order valence-corrected chi connectivity index (χ4v) is 1.94. The van der Waals surface area contributed by atoms with Crippen LogP contribution in [0.3, 0.4) is 0 Å². The van der Waals surface area contributed by atoms with Crippen LogP contribution in [0.25, 0.3) is 0 Å². The first kappa shape index (κ1) is 13.5. The molecule has 0 radical (unpaired) electrons. The highest BCUT2D eigenvalue weighted by molar-refractivity contribution is 9.10. The van der Waals surface area contributed by atoms with E-state index in [0.717, 1.165) is 29.0 Å². The van der Waals surface area contributed by atoms with Crippen LogP contribution in [0.15, 0.2) is 22.7 Å². The highest BCUT2D eigenvalue weighted by Crippen LogP contribution is 2.28. The Bertz CT molecular complexity index is 339. The quantitative estimate of drug-likeness (QED) is 0.893. The molecule has 1 rings (SSSR count). The fourth-order valence-electron chi connectivity index (χ4n) is 1.54. The molecule has 2 nitrogen and oxygen atoms in total. The number of nitrogens with zero attached hydrogens (tertiary/aromatic N) is 1. The molecule has 0 amide bonds. The largest absolute Gasteiger partial charge is 0.506 e. The van der Waals surface area contributed by atoms with Gasteiger partial charge in [-0.05, 0) is 47.9 Å². The standard InChI is InChI=1S/C13H20BrNO/c1-10(2)7-8-15(3)9-11-5-4-6-12(14)13(11)16/h4-6,10,16H,7-9H2,1-3H3. The number of phenols is 1. The van der Waals surface area contributed by atoms with Crippen molar-refractivity contribution in [2.45, 2.75) is 26.8 Å². The van der Waals surface area contributed by atoms with Crippen molar-refractivity contribution in [1.29, 1.82) is 0 Å². The number of rotatable bonds is 5. The van der Waals surface area contributed by atoms with Gasteiger partial charge in [-0.2, -0.15) is 0 Å². The van der Waals surface area contributed by atoms with Gasteiger partial charge >= 0.3 is 0 Å². The minimum Gasteiger partial charge on any atom is -0.506 e. The van der Waals surface area contributed by atoms with Crippen molar-refractivity contribution in [3.8, 4) is 5.75 Å². The van der Waals surface area contributed by atoms with Crippen molar-refractivity contribution >= 4 is 15.9 Å². The second kappa shape index (κ2) is 6.26. The van der Waals surface area contributed by atoms with E-state index in [9.17, 15) is 5.11 Å². The summed E-state index contributed by atoms with van der Waals surface area (Å²) in [5.41, 5.74) is 0.973. The average Bonchev–Trinajstić information content (AvgIpc) is 2.22. The van der Waals surface area contributed by atoms with Gasteiger partial charge in [-0.3, -0.25) is 0 Å². The third kappa shape index (κ3) is 4.14. The molecular weight excluding hydrogens is 266 g/mol. The molecule has 0 aliphatic heterocycles. The van der Waals surface area contributed by atoms with Crippen LogP contribution in [0.5, 0.6) is 5.75 Å². The van der Waals surface area contributed by atoms with Crippen molar-refractivity contribution in [1.82, 2.24) is 4.90 Å². The van der Waals surface area contributed by atoms with Crippen LogP contribution >= 0.6 is 15.9 Å². The molecule has 0 aliphatic rings. The van der Waals surface area contributed by atoms with Gasteiger partial charge in [0, 0.05) is 12.1 Å². The van der Waals surface area contributed by atoms with Gasteiger partial charge in [0.25, 0.3) is 0 Å². The Morgan fingerprint density at radius 2 is 2.06 bits per heavy atom. The Hall–Kier alpha value is -0.540. The minimum absolute atomic E-state index is 0.360. The molecule has 0 spiro atoms. The molecule has 0 unspecified atom stereocenters. The molecular formula is C13H20BrNO. The van der Waals surface area contributed by atoms with Gasteiger partial charge in [-0.25, -0.2) is 0 Å². The summed E-state index contributed by atoms with van der Waals surface area (Å²) in [7, 11) is 2.09. The summed E-state index contributed by atoms with van der Waals surface area (Å²) >= 11 is 3.33. The topological polar surface area (TPSA) is 23.5 Å². The van der Waals surface area contributed by atoms with Crippen molar-refractivity contribution in [2.75, 3.05) is 13.6 Å². The first-order chi connectivity index (χ1) is 7.50. The summed E-state index contributed by atoms with van der Waals surface area (Å²) in [6, 6.07) is 5.77. The molecule has 0 aromatic heterocycles. The van der Waals surface area contributed by atoms with E-state index in [2.05, 4.69) is 41.7 Å². The summed E-state index contributed by atoms with van der Waals surface area (Å²) in [6.45, 7) is 6.30. The van der Waals surface area contributed by atoms with Crippen molar-refractivity contribution in [2.24, 2.45) is 5.92 Å². The number of benzene rings is 1. The Labute approximate surface area is 106 Å². The van der Waals surface area contributed by atoms with Crippen LogP contribution < -0.4 is 0 Å². The molecule has 1 N–H and O–H groups in total. The zero-order valence-electron chi connectivity index (χ0n) is 10.2. The van der Waals surface area contributed by atoms with Crippen LogP contribution in [0.2, 0.25) is 0 Å². The van der Waals surface area contributed by atoms with E-state index in [-0.39, 0.29) is 0 Å². The lowest BCUT2D eigenvalue weighted by Gasteiger charge is -2.18. The number of hydrogen-bond acceptors (Lipinski definition) is 2. The maximum atomic E-state index is 9.85. The van der Waals surface area contributed by atoms with Gasteiger partial charge in [-0.1, -0.05) is 26.0 Å². The summed E-state index contributed by atoms with van der Waals surface area (Å²) in [5, 5.41) is 9.85. The number of phenolic OH excluding ortho intramolecular Hbond substituents is 1. The molecule has 90 valence electrons. The Balaban J connectivity index is 2.56. The Morgan fingerprint density at radius 3 is 2.69 bits per heavy atom. The smallest absolute Gasteiger partial charge is 0.134 e. The highest BCUT2D eigenvalue weighted by atomic mass is 79.9. The van der Waals surface area contributed by atoms with E-state index in [1.165, 1.54) is 6.42 Å². The molecule has 0 saturated carbocycles. The molecule has 16 heavy (non-hydrogen) atoms. The van der Waals surface area contributed by atoms with Gasteiger partial charge in [0.05, 0.1) is 4.47 Å². The fraction of sp³-hybridized carbons (Fsp3) is 0.538. The van der Waals surface area contributed by atoms with Gasteiger partial charge in [-0.15, -0.1) is 0 Å². The maximum Gasteiger partial charge on any atom is 0.134 e. The van der Waals surface area contributed by atoms with E-state index < -0.39 is 0 Å². The zero-order chi connectivity index (χ0) is 12.1. The second-order valence-corrected chi connectivity index (χ2v) is 5.52. The SMILES string of the molecule is CC(C)CCN(C)Cc1cccc(Br)c1O. The Kier molecular flexibility index (Phi) is 5.29. The number of aromatic hydroxyl groups is 1. The predicted molar refractivity (Wildman–Crippen MR) is 71.6 cm³/mol. The summed E-state index contributed by atoms with van der Waals surface area (Å²) < 4.78 is 0.766. The van der Waals surface area contributed by atoms with Crippen molar-refractivity contribution in [3.05, 3.63) is 28.2 Å². The van der Waals surface area contributed by atoms with Crippen LogP contribution in [-0.2, 0) is 6.54 Å². The van der Waals surface area contributed by atoms with Gasteiger partial charge in [0.1, 0.15) is 5.75 Å². The van der Waals surface area contributed by atoms with Gasteiger partial charge < -0.3 is 10.0 Å². The minimum atomic E-state index is 0.360. The third-order valence-electron chi connectivity index (χ3n) is 2.60. The van der Waals surface area contributed by atoms with E-state index in [0.29, 0.717) is 5.75 Å². The van der Waals surface area contributed by atoms with Crippen LogP contribution in [0.4, 0.5) is 0 Å². The van der Waals surface area contributed by atoms with Crippen LogP contribution in [-0.4, -0.2) is 23.6 Å². The number of hydrogen-bond donors (Lipinski definition) is 1. The monoisotopic (exact) mass is 285 g/mol. The lowest BCUT2D eigenvalue weighted by Crippen LogP contribution is -2.20. The van der Waals surface area contributed by atoms with E-state index in [1.54, 1.807) is 0 Å². The van der Waals surface area contributed by atoms with Gasteiger partial charge in [0.15, 0.2) is 0 Å². The maximum absolute atomic E-state index is 9.85. The number of para-hydroxylation sites is 1. The molecule has 0 fully saturated rings. The van der Waals surface area contributed by atoms with Crippen LogP contribution in [0.1, 0.15) is 25.8 Å². The molecule has 0 atom stereocenters. The lowest BCUT2D eigenvalue weighted by molar-refractivity contribution is 0.298. The highest BCUT2D eigenvalue weighted by Gasteiger charge is 2.07. The second-order valence-electron chi connectivity index (χ2n) is 4.67. The zero-order valence-corrected chi connectivity index (χ0v) is 11.8. The molecule has 3 heteroatoms. The van der Waals surface area contributed by atoms with Gasteiger partial charge in [0.2, 0.25) is 0 Å². The molecule has 0 saturated heterocycles. The predicted octanol–water partition coefficient (Wildman–Crippen LogP) is 3.63. The van der Waals surface area contributed by atoms with E-state index >= 15 is 0 Å². The molecule has 0 bridgehead atoms. The van der Waals surface area contributed by atoms with E-state index in [4.69, 9.17) is 0 Å². The molecule has 1 aromatic carbocycles. The van der Waals surface area contributed by atoms with Crippen molar-refractivity contribution < 1.29 is 5.11 Å². The Morgan fingerprint density at radius 1 is 1.38 bits per heavy atom. The normalized spacial score (nSPS) is 11.4. The summed E-state index contributed by atoms with van der Waals surface area (Å²) in [5.74, 6) is 1.08. The van der Waals surface area contributed by atoms with E-state index in [1.807, 2.05) is 18.2 Å². The van der Waals surface area contributed by atoms with Crippen LogP contribution in [0, 0.1) is 5.92 Å². The first-order valence-electron chi connectivity index (χ1n) is 5.65. The lowest BCUT2D eigenvalue weighted by atomic mass is 10.1. The average molecular weight is 286 g/mol. The van der Waals surface area contributed by atoms with Crippen molar-refractivity contribution in [3.63, 3.8) is 0 Å². The molecule has 1 aromatic rings. The summed E-state index contributed by atoms with van der Waals surface area (Å²) in [6.07, 6.45) is 1.19. The number of halogens is 1. The molecule has 0 heterocycles. The third-order valence-corrected chi connectivity index (χ3v) is 3.24. The molecule has 0 aliphatic carbocycles. The first-order valence-corrected chi connectivity index (χ1v) is 6.45.